The van der Waals surface area contributed by atoms with Gasteiger partial charge in [0.05, 0.1) is 4.60 Å². The molecule has 0 aliphatic heterocycles. The molecule has 2 heteroatoms. The molecule has 0 saturated carbocycles. The average molecular weight is 238 g/mol. The summed E-state index contributed by atoms with van der Waals surface area (Å²) in [6.07, 6.45) is 0. The van der Waals surface area contributed by atoms with Gasteiger partial charge in [0.15, 0.2) is 0 Å². The first-order valence-corrected chi connectivity index (χ1v) is 5.11. The molecule has 0 fully saturated rings. The van der Waals surface area contributed by atoms with E-state index < -0.39 is 0 Å². The van der Waals surface area contributed by atoms with Crippen molar-refractivity contribution in [3.63, 3.8) is 0 Å². The van der Waals surface area contributed by atoms with Crippen molar-refractivity contribution >= 4 is 26.8 Å². The maximum Gasteiger partial charge on any atom is 0.0884 e. The largest absolute Gasteiger partial charge is 0.338 e. The normalized spacial score (nSPS) is 11.1. The van der Waals surface area contributed by atoms with E-state index in [1.165, 1.54) is 26.6 Å². The third-order valence-electron chi connectivity index (χ3n) is 2.52. The molecule has 1 aromatic carbocycles. The molecule has 0 aliphatic carbocycles. The molecular weight excluding hydrogens is 226 g/mol. The van der Waals surface area contributed by atoms with Gasteiger partial charge in [0.2, 0.25) is 0 Å². The molecule has 2 aromatic rings. The maximum absolute atomic E-state index is 3.58. The van der Waals surface area contributed by atoms with E-state index in [4.69, 9.17) is 0 Å². The van der Waals surface area contributed by atoms with Crippen LogP contribution in [0.3, 0.4) is 0 Å². The number of hydrogen-bond donors (Lipinski definition) is 0. The van der Waals surface area contributed by atoms with Gasteiger partial charge in [-0.2, -0.15) is 0 Å². The molecule has 1 heterocycles. The molecule has 0 unspecified atom stereocenters. The second kappa shape index (κ2) is 2.88. The van der Waals surface area contributed by atoms with Gasteiger partial charge in [-0.05, 0) is 47.5 Å². The van der Waals surface area contributed by atoms with Crippen LogP contribution in [0.15, 0.2) is 22.8 Å². The fraction of sp³-hybridized carbons (Fsp3) is 0.273. The molecule has 0 atom stereocenters. The number of aromatic nitrogens is 1. The van der Waals surface area contributed by atoms with Gasteiger partial charge in [0.1, 0.15) is 0 Å². The van der Waals surface area contributed by atoms with Crippen LogP contribution in [0.1, 0.15) is 11.1 Å². The first-order valence-electron chi connectivity index (χ1n) is 4.32. The van der Waals surface area contributed by atoms with Crippen LogP contribution in [-0.2, 0) is 7.05 Å². The van der Waals surface area contributed by atoms with E-state index in [1.807, 2.05) is 0 Å². The predicted molar refractivity (Wildman–Crippen MR) is 60.1 cm³/mol. The quantitative estimate of drug-likeness (QED) is 0.661. The van der Waals surface area contributed by atoms with Crippen LogP contribution in [0.25, 0.3) is 10.9 Å². The number of aryl methyl sites for hydroxylation is 3. The standard InChI is InChI=1S/C11H12BrN/c1-7-4-5-10-9(6-7)8(2)11(12)13(10)3/h4-6H,1-3H3. The minimum absolute atomic E-state index is 1.17. The molecule has 0 radical (unpaired) electrons. The van der Waals surface area contributed by atoms with Gasteiger partial charge in [0.25, 0.3) is 0 Å². The fourth-order valence-electron chi connectivity index (χ4n) is 1.71. The number of benzene rings is 1. The zero-order valence-corrected chi connectivity index (χ0v) is 9.64. The van der Waals surface area contributed by atoms with E-state index in [0.29, 0.717) is 0 Å². The number of halogens is 1. The summed E-state index contributed by atoms with van der Waals surface area (Å²) in [5.41, 5.74) is 3.92. The summed E-state index contributed by atoms with van der Waals surface area (Å²) in [6.45, 7) is 4.27. The Morgan fingerprint density at radius 3 is 2.62 bits per heavy atom. The summed E-state index contributed by atoms with van der Waals surface area (Å²) in [5, 5.41) is 1.34. The van der Waals surface area contributed by atoms with Crippen molar-refractivity contribution in [3.8, 4) is 0 Å². The highest BCUT2D eigenvalue weighted by atomic mass is 79.9. The lowest BCUT2D eigenvalue weighted by Gasteiger charge is -1.97. The summed E-state index contributed by atoms with van der Waals surface area (Å²) < 4.78 is 3.34. The van der Waals surface area contributed by atoms with E-state index in [1.54, 1.807) is 0 Å². The van der Waals surface area contributed by atoms with Gasteiger partial charge in [-0.3, -0.25) is 0 Å². The van der Waals surface area contributed by atoms with Gasteiger partial charge in [-0.15, -0.1) is 0 Å². The first-order chi connectivity index (χ1) is 6.11. The zero-order valence-electron chi connectivity index (χ0n) is 8.06. The van der Waals surface area contributed by atoms with Crippen molar-refractivity contribution in [3.05, 3.63) is 33.9 Å². The Bertz CT molecular complexity index is 468. The highest BCUT2D eigenvalue weighted by Gasteiger charge is 2.08. The number of nitrogens with zero attached hydrogens (tertiary/aromatic N) is 1. The van der Waals surface area contributed by atoms with Crippen molar-refractivity contribution in [2.75, 3.05) is 0 Å². The van der Waals surface area contributed by atoms with Gasteiger partial charge < -0.3 is 4.57 Å². The third kappa shape index (κ3) is 1.20. The van der Waals surface area contributed by atoms with Crippen molar-refractivity contribution in [2.45, 2.75) is 13.8 Å². The van der Waals surface area contributed by atoms with Crippen molar-refractivity contribution in [1.82, 2.24) is 4.57 Å². The lowest BCUT2D eigenvalue weighted by molar-refractivity contribution is 0.934. The van der Waals surface area contributed by atoms with E-state index in [-0.39, 0.29) is 0 Å². The molecule has 0 N–H and O–H groups in total. The van der Waals surface area contributed by atoms with Gasteiger partial charge in [0, 0.05) is 18.0 Å². The lowest BCUT2D eigenvalue weighted by atomic mass is 10.1. The molecule has 2 rings (SSSR count). The number of fused-ring (bicyclic) bond motifs is 1. The van der Waals surface area contributed by atoms with Crippen LogP contribution >= 0.6 is 15.9 Å². The minimum Gasteiger partial charge on any atom is -0.338 e. The molecule has 0 aliphatic rings. The Balaban J connectivity index is 2.95. The highest BCUT2D eigenvalue weighted by Crippen LogP contribution is 2.28. The topological polar surface area (TPSA) is 4.93 Å². The molecule has 1 aromatic heterocycles. The smallest absolute Gasteiger partial charge is 0.0884 e. The van der Waals surface area contributed by atoms with Crippen molar-refractivity contribution in [1.29, 1.82) is 0 Å². The Morgan fingerprint density at radius 1 is 1.23 bits per heavy atom. The van der Waals surface area contributed by atoms with E-state index in [0.717, 1.165) is 0 Å². The minimum atomic E-state index is 1.17. The molecule has 0 amide bonds. The second-order valence-corrected chi connectivity index (χ2v) is 4.25. The van der Waals surface area contributed by atoms with E-state index >= 15 is 0 Å². The third-order valence-corrected chi connectivity index (χ3v) is 3.65. The molecular formula is C11H12BrN. The summed E-state index contributed by atoms with van der Waals surface area (Å²) in [4.78, 5) is 0. The van der Waals surface area contributed by atoms with Crippen LogP contribution < -0.4 is 0 Å². The Morgan fingerprint density at radius 2 is 1.92 bits per heavy atom. The SMILES string of the molecule is Cc1ccc2c(c1)c(C)c(Br)n2C. The number of hydrogen-bond acceptors (Lipinski definition) is 0. The molecule has 68 valence electrons. The summed E-state index contributed by atoms with van der Waals surface area (Å²) in [5.74, 6) is 0. The molecule has 0 spiro atoms. The van der Waals surface area contributed by atoms with Crippen LogP contribution in [0, 0.1) is 13.8 Å². The number of rotatable bonds is 0. The second-order valence-electron chi connectivity index (χ2n) is 3.50. The van der Waals surface area contributed by atoms with Crippen LogP contribution in [0.4, 0.5) is 0 Å². The maximum atomic E-state index is 3.58. The molecule has 13 heavy (non-hydrogen) atoms. The van der Waals surface area contributed by atoms with Gasteiger partial charge >= 0.3 is 0 Å². The zero-order chi connectivity index (χ0) is 9.59. The van der Waals surface area contributed by atoms with Crippen LogP contribution in [-0.4, -0.2) is 4.57 Å². The Labute approximate surface area is 86.5 Å². The summed E-state index contributed by atoms with van der Waals surface area (Å²) in [7, 11) is 2.08. The Kier molecular flexibility index (Phi) is 1.95. The van der Waals surface area contributed by atoms with E-state index in [9.17, 15) is 0 Å². The van der Waals surface area contributed by atoms with Gasteiger partial charge in [-0.25, -0.2) is 0 Å². The molecule has 0 bridgehead atoms. The fourth-order valence-corrected chi connectivity index (χ4v) is 2.12. The van der Waals surface area contributed by atoms with Crippen molar-refractivity contribution < 1.29 is 0 Å². The van der Waals surface area contributed by atoms with E-state index in [2.05, 4.69) is 59.6 Å². The average Bonchev–Trinajstić information content (AvgIpc) is 2.32. The highest BCUT2D eigenvalue weighted by molar-refractivity contribution is 9.10. The Hall–Kier alpha value is -0.760. The summed E-state index contributed by atoms with van der Waals surface area (Å²) >= 11 is 3.58. The van der Waals surface area contributed by atoms with Crippen molar-refractivity contribution in [2.24, 2.45) is 7.05 Å². The van der Waals surface area contributed by atoms with Crippen LogP contribution in [0.2, 0.25) is 0 Å². The lowest BCUT2D eigenvalue weighted by Crippen LogP contribution is -1.86. The predicted octanol–water partition coefficient (Wildman–Crippen LogP) is 3.56. The molecule has 1 nitrogen and oxygen atoms in total. The summed E-state index contributed by atoms with van der Waals surface area (Å²) in [6, 6.07) is 6.55. The molecule has 0 saturated heterocycles. The first kappa shape index (κ1) is 8.82. The van der Waals surface area contributed by atoms with Crippen LogP contribution in [0.5, 0.6) is 0 Å². The monoisotopic (exact) mass is 237 g/mol. The van der Waals surface area contributed by atoms with Gasteiger partial charge in [-0.1, -0.05) is 11.6 Å².